The van der Waals surface area contributed by atoms with Gasteiger partial charge in [0, 0.05) is 30.1 Å². The maximum atomic E-state index is 15.3. The summed E-state index contributed by atoms with van der Waals surface area (Å²) in [5.41, 5.74) is 0.330. The Hall–Kier alpha value is -2.97. The molecular formula is C28H28ClF5N2O6S. The number of alkyl halides is 3. The van der Waals surface area contributed by atoms with E-state index in [0.29, 0.717) is 36.5 Å². The zero-order valence-electron chi connectivity index (χ0n) is 22.7. The number of carbonyl (C=O) groups excluding carboxylic acids is 2. The molecule has 3 fully saturated rings. The molecule has 1 amide bonds. The van der Waals surface area contributed by atoms with Gasteiger partial charge in [0.25, 0.3) is 10.0 Å². The summed E-state index contributed by atoms with van der Waals surface area (Å²) >= 11 is 6.17. The second-order valence-corrected chi connectivity index (χ2v) is 13.5. The average molecular weight is 651 g/mol. The van der Waals surface area contributed by atoms with Gasteiger partial charge in [-0.15, -0.1) is 0 Å². The smallest absolute Gasteiger partial charge is 0.493 e. The van der Waals surface area contributed by atoms with Crippen LogP contribution in [0.25, 0.3) is 0 Å². The molecule has 8 nitrogen and oxygen atoms in total. The maximum absolute atomic E-state index is 15.3. The van der Waals surface area contributed by atoms with E-state index in [2.05, 4.69) is 9.74 Å². The second kappa shape index (κ2) is 12.2. The van der Waals surface area contributed by atoms with Crippen molar-refractivity contribution >= 4 is 33.5 Å². The number of hydrogen-bond acceptors (Lipinski definition) is 7. The van der Waals surface area contributed by atoms with Gasteiger partial charge in [-0.05, 0) is 80.3 Å². The third-order valence-electron chi connectivity index (χ3n) is 7.57. The molecule has 2 aliphatic carbocycles. The van der Waals surface area contributed by atoms with E-state index in [1.54, 1.807) is 6.07 Å². The number of ether oxygens (including phenoxy) is 1. The topological polar surface area (TPSA) is 93.2 Å². The summed E-state index contributed by atoms with van der Waals surface area (Å²) in [5.74, 6) is -6.26. The summed E-state index contributed by atoms with van der Waals surface area (Å²) in [6, 6.07) is 6.20. The lowest BCUT2D eigenvalue weighted by Crippen LogP contribution is -2.44. The number of piperidine rings is 1. The highest BCUT2D eigenvalue weighted by Gasteiger charge is 2.50. The molecule has 0 aromatic heterocycles. The predicted molar refractivity (Wildman–Crippen MR) is 144 cm³/mol. The van der Waals surface area contributed by atoms with Crippen LogP contribution in [0, 0.1) is 17.6 Å². The van der Waals surface area contributed by atoms with Crippen molar-refractivity contribution in [3.63, 3.8) is 0 Å². The summed E-state index contributed by atoms with van der Waals surface area (Å²) in [6.07, 6.45) is -2.46. The fourth-order valence-electron chi connectivity index (χ4n) is 5.04. The van der Waals surface area contributed by atoms with Gasteiger partial charge in [0.15, 0.2) is 0 Å². The van der Waals surface area contributed by atoms with Crippen LogP contribution in [0.3, 0.4) is 0 Å². The molecule has 234 valence electrons. The van der Waals surface area contributed by atoms with E-state index in [4.69, 9.17) is 16.3 Å². The molecule has 2 saturated carbocycles. The van der Waals surface area contributed by atoms with E-state index in [-0.39, 0.29) is 37.0 Å². The van der Waals surface area contributed by atoms with E-state index in [9.17, 15) is 35.6 Å². The van der Waals surface area contributed by atoms with Crippen LogP contribution in [-0.4, -0.2) is 60.8 Å². The Labute approximate surface area is 249 Å². The summed E-state index contributed by atoms with van der Waals surface area (Å²) in [7, 11) is -4.82. The summed E-state index contributed by atoms with van der Waals surface area (Å²) in [5, 5.41) is -0.894. The summed E-state index contributed by atoms with van der Waals surface area (Å²) in [6.45, 7) is 2.13. The average Bonchev–Trinajstić information content (AvgIpc) is 3.84. The van der Waals surface area contributed by atoms with Crippen LogP contribution < -0.4 is 4.74 Å². The van der Waals surface area contributed by atoms with Crippen molar-refractivity contribution in [3.05, 3.63) is 63.7 Å². The third kappa shape index (κ3) is 7.40. The lowest BCUT2D eigenvalue weighted by molar-refractivity contribution is -0.217. The Morgan fingerprint density at radius 3 is 2.40 bits per heavy atom. The molecule has 0 N–H and O–H groups in total. The number of amides is 1. The van der Waals surface area contributed by atoms with Gasteiger partial charge in [-0.1, -0.05) is 22.1 Å². The van der Waals surface area contributed by atoms with Crippen molar-refractivity contribution in [3.8, 4) is 5.75 Å². The minimum absolute atomic E-state index is 0.0466. The zero-order chi connectivity index (χ0) is 31.1. The number of hydroxylamine groups is 1. The Kier molecular flexibility index (Phi) is 8.92. The fourth-order valence-corrected chi connectivity index (χ4v) is 6.77. The molecule has 0 bridgehead atoms. The molecule has 0 unspecified atom stereocenters. The Morgan fingerprint density at radius 2 is 1.77 bits per heavy atom. The second-order valence-electron chi connectivity index (χ2n) is 11.1. The van der Waals surface area contributed by atoms with Crippen molar-refractivity contribution in [2.45, 2.75) is 62.4 Å². The van der Waals surface area contributed by atoms with Gasteiger partial charge < -0.3 is 9.57 Å². The van der Waals surface area contributed by atoms with Crippen LogP contribution >= 0.6 is 11.6 Å². The molecule has 0 spiro atoms. The molecule has 1 atom stereocenters. The van der Waals surface area contributed by atoms with E-state index < -0.39 is 55.0 Å². The number of hydrogen-bond donors (Lipinski definition) is 0. The Bertz CT molecular complexity index is 1510. The molecular weight excluding hydrogens is 623 g/mol. The number of nitrogens with zero attached hydrogens (tertiary/aromatic N) is 2. The minimum Gasteiger partial charge on any atom is -0.493 e. The van der Waals surface area contributed by atoms with E-state index >= 15 is 4.39 Å². The molecule has 0 radical (unpaired) electrons. The molecule has 43 heavy (non-hydrogen) atoms. The number of halogens is 6. The first-order valence-corrected chi connectivity index (χ1v) is 15.6. The van der Waals surface area contributed by atoms with Gasteiger partial charge in [0.05, 0.1) is 17.4 Å². The molecule has 1 saturated heterocycles. The Balaban J connectivity index is 1.32. The van der Waals surface area contributed by atoms with E-state index in [1.807, 2.05) is 0 Å². The molecule has 3 aliphatic rings. The summed E-state index contributed by atoms with van der Waals surface area (Å²) < 4.78 is 98.1. The fraction of sp³-hybridized carbons (Fsp3) is 0.500. The van der Waals surface area contributed by atoms with Crippen molar-refractivity contribution in [2.75, 3.05) is 19.7 Å². The highest BCUT2D eigenvalue weighted by Crippen LogP contribution is 2.45. The zero-order valence-corrected chi connectivity index (χ0v) is 24.3. The van der Waals surface area contributed by atoms with Crippen LogP contribution in [0.1, 0.15) is 65.9 Å². The van der Waals surface area contributed by atoms with E-state index in [1.165, 1.54) is 12.1 Å². The van der Waals surface area contributed by atoms with Gasteiger partial charge in [-0.2, -0.15) is 13.2 Å². The molecule has 5 rings (SSSR count). The van der Waals surface area contributed by atoms with Gasteiger partial charge in [-0.3, -0.25) is 9.69 Å². The quantitative estimate of drug-likeness (QED) is 0.252. The highest BCUT2D eigenvalue weighted by atomic mass is 35.5. The molecule has 15 heteroatoms. The lowest BCUT2D eigenvalue weighted by atomic mass is 9.98. The van der Waals surface area contributed by atoms with Crippen LogP contribution in [0.15, 0.2) is 30.3 Å². The molecule has 2 aromatic rings. The van der Waals surface area contributed by atoms with Crippen molar-refractivity contribution < 1.29 is 49.5 Å². The van der Waals surface area contributed by atoms with Gasteiger partial charge >= 0.3 is 18.1 Å². The number of benzene rings is 2. The summed E-state index contributed by atoms with van der Waals surface area (Å²) in [4.78, 5) is 30.7. The first kappa shape index (κ1) is 31.5. The Morgan fingerprint density at radius 1 is 1.05 bits per heavy atom. The number of carbonyl (C=O) groups is 2. The standard InChI is InChI=1S/C28H28ClF5N2O6S/c29-23-10-19(30)6-5-18(23)14-35-9-1-2-16(13-35)15-41-25-12-24(31)22(11-21(25)17-3-4-17)26(37)36(42-27(38)28(32,33)34)43(39,40)20-7-8-20/h5-6,10-12,16-17,20H,1-4,7-9,13-15H2/t16-/m0/s1. The van der Waals surface area contributed by atoms with Gasteiger partial charge in [-0.25, -0.2) is 22.0 Å². The SMILES string of the molecule is O=C(c1cc(C2CC2)c(OC[C@H]2CCCN(Cc3ccc(F)cc3Cl)C2)cc1F)N(OC(=O)C(F)(F)F)S(=O)(=O)C1CC1. The monoisotopic (exact) mass is 650 g/mol. The number of likely N-dealkylation sites (tertiary alicyclic amines) is 1. The predicted octanol–water partition coefficient (Wildman–Crippen LogP) is 5.74. The third-order valence-corrected chi connectivity index (χ3v) is 9.94. The number of sulfonamides is 1. The largest absolute Gasteiger partial charge is 0.493 e. The van der Waals surface area contributed by atoms with E-state index in [0.717, 1.165) is 37.1 Å². The van der Waals surface area contributed by atoms with Crippen LogP contribution in [0.2, 0.25) is 5.02 Å². The maximum Gasteiger partial charge on any atom is 0.493 e. The molecule has 1 heterocycles. The van der Waals surface area contributed by atoms with Crippen molar-refractivity contribution in [1.82, 2.24) is 9.37 Å². The van der Waals surface area contributed by atoms with Gasteiger partial charge in [0.2, 0.25) is 0 Å². The normalized spacial score (nSPS) is 19.6. The van der Waals surface area contributed by atoms with Crippen molar-refractivity contribution in [1.29, 1.82) is 0 Å². The van der Waals surface area contributed by atoms with Crippen LogP contribution in [0.5, 0.6) is 5.75 Å². The van der Waals surface area contributed by atoms with Crippen molar-refractivity contribution in [2.24, 2.45) is 5.92 Å². The first-order valence-electron chi connectivity index (χ1n) is 13.7. The number of rotatable bonds is 9. The van der Waals surface area contributed by atoms with Crippen LogP contribution in [0.4, 0.5) is 22.0 Å². The lowest BCUT2D eigenvalue weighted by Gasteiger charge is -2.33. The molecule has 1 aliphatic heterocycles. The molecule has 2 aromatic carbocycles. The van der Waals surface area contributed by atoms with Gasteiger partial charge in [0.1, 0.15) is 17.4 Å². The highest BCUT2D eigenvalue weighted by molar-refractivity contribution is 7.90. The first-order chi connectivity index (χ1) is 20.2. The van der Waals surface area contributed by atoms with Crippen LogP contribution in [-0.2, 0) is 26.2 Å². The minimum atomic E-state index is -5.59.